The first kappa shape index (κ1) is 20.5. The first-order chi connectivity index (χ1) is 15.7. The standard InChI is InChI=1S/C26H27FN4O/c1-32-23-12-8-19(9-13-23)14-15-30-17-22(18-30)28-26-29-24-4-2-3-5-25(24)31(26)16-20-6-10-21(27)11-7-20/h2-13,22H,14-18H2,1H3,(H,28,29). The molecule has 5 nitrogen and oxygen atoms in total. The van der Waals surface area contributed by atoms with Crippen LogP contribution in [0.1, 0.15) is 11.1 Å². The SMILES string of the molecule is COc1ccc(CCN2CC(Nc3nc4ccccc4n3Cc3ccc(F)cc3)C2)cc1. The Morgan fingerprint density at radius 2 is 1.69 bits per heavy atom. The van der Waals surface area contributed by atoms with Crippen LogP contribution in [0.5, 0.6) is 5.75 Å². The molecule has 3 aromatic carbocycles. The molecule has 1 aliphatic rings. The van der Waals surface area contributed by atoms with Crippen LogP contribution < -0.4 is 10.1 Å². The maximum absolute atomic E-state index is 13.3. The summed E-state index contributed by atoms with van der Waals surface area (Å²) in [6.45, 7) is 3.68. The van der Waals surface area contributed by atoms with Crippen molar-refractivity contribution in [1.82, 2.24) is 14.5 Å². The minimum absolute atomic E-state index is 0.216. The van der Waals surface area contributed by atoms with E-state index >= 15 is 0 Å². The lowest BCUT2D eigenvalue weighted by molar-refractivity contribution is 0.163. The lowest BCUT2D eigenvalue weighted by Gasteiger charge is -2.39. The highest BCUT2D eigenvalue weighted by Gasteiger charge is 2.27. The van der Waals surface area contributed by atoms with Crippen LogP contribution in [-0.4, -0.2) is 47.2 Å². The maximum atomic E-state index is 13.3. The minimum Gasteiger partial charge on any atom is -0.497 e. The van der Waals surface area contributed by atoms with Crippen molar-refractivity contribution in [3.05, 3.63) is 89.7 Å². The van der Waals surface area contributed by atoms with E-state index in [1.54, 1.807) is 7.11 Å². The van der Waals surface area contributed by atoms with Gasteiger partial charge in [0.1, 0.15) is 11.6 Å². The summed E-state index contributed by atoms with van der Waals surface area (Å²) in [5.74, 6) is 1.55. The highest BCUT2D eigenvalue weighted by atomic mass is 19.1. The number of ether oxygens (including phenoxy) is 1. The summed E-state index contributed by atoms with van der Waals surface area (Å²) in [5, 5.41) is 3.63. The van der Waals surface area contributed by atoms with Gasteiger partial charge in [0.2, 0.25) is 5.95 Å². The molecule has 0 radical (unpaired) electrons. The molecule has 1 fully saturated rings. The van der Waals surface area contributed by atoms with Crippen molar-refractivity contribution in [2.75, 3.05) is 32.1 Å². The third-order valence-corrected chi connectivity index (χ3v) is 6.07. The molecular weight excluding hydrogens is 403 g/mol. The van der Waals surface area contributed by atoms with E-state index in [0.717, 1.165) is 54.3 Å². The number of anilines is 1. The lowest BCUT2D eigenvalue weighted by Crippen LogP contribution is -2.55. The third-order valence-electron chi connectivity index (χ3n) is 6.07. The van der Waals surface area contributed by atoms with Crippen LogP contribution in [0.3, 0.4) is 0 Å². The van der Waals surface area contributed by atoms with Gasteiger partial charge < -0.3 is 14.6 Å². The van der Waals surface area contributed by atoms with Gasteiger partial charge in [-0.05, 0) is 53.9 Å². The van der Waals surface area contributed by atoms with Gasteiger partial charge in [0.05, 0.1) is 30.7 Å². The number of nitrogens with one attached hydrogen (secondary N) is 1. The van der Waals surface area contributed by atoms with Crippen molar-refractivity contribution in [3.63, 3.8) is 0 Å². The summed E-state index contributed by atoms with van der Waals surface area (Å²) in [6, 6.07) is 23.5. The minimum atomic E-state index is -0.216. The Bertz CT molecular complexity index is 1180. The van der Waals surface area contributed by atoms with E-state index < -0.39 is 0 Å². The van der Waals surface area contributed by atoms with Crippen molar-refractivity contribution < 1.29 is 9.13 Å². The summed E-state index contributed by atoms with van der Waals surface area (Å²) in [5.41, 5.74) is 4.42. The number of para-hydroxylation sites is 2. The van der Waals surface area contributed by atoms with Gasteiger partial charge in [0, 0.05) is 19.6 Å². The topological polar surface area (TPSA) is 42.3 Å². The highest BCUT2D eigenvalue weighted by Crippen LogP contribution is 2.24. The second-order valence-corrected chi connectivity index (χ2v) is 8.34. The molecule has 4 aromatic rings. The highest BCUT2D eigenvalue weighted by molar-refractivity contribution is 5.78. The van der Waals surface area contributed by atoms with Gasteiger partial charge in [0.15, 0.2) is 0 Å². The van der Waals surface area contributed by atoms with Crippen molar-refractivity contribution in [1.29, 1.82) is 0 Å². The van der Waals surface area contributed by atoms with E-state index in [0.29, 0.717) is 12.6 Å². The Balaban J connectivity index is 1.22. The van der Waals surface area contributed by atoms with Crippen LogP contribution in [0.2, 0.25) is 0 Å². The number of benzene rings is 3. The van der Waals surface area contributed by atoms with Crippen molar-refractivity contribution in [2.24, 2.45) is 0 Å². The van der Waals surface area contributed by atoms with Crippen molar-refractivity contribution in [3.8, 4) is 5.75 Å². The van der Waals surface area contributed by atoms with E-state index in [1.165, 1.54) is 17.7 Å². The van der Waals surface area contributed by atoms with E-state index in [2.05, 4.69) is 33.0 Å². The maximum Gasteiger partial charge on any atom is 0.204 e. The molecule has 0 unspecified atom stereocenters. The molecule has 2 heterocycles. The summed E-state index contributed by atoms with van der Waals surface area (Å²) in [6.07, 6.45) is 1.03. The molecule has 164 valence electrons. The van der Waals surface area contributed by atoms with Gasteiger partial charge in [-0.1, -0.05) is 36.4 Å². The van der Waals surface area contributed by atoms with Crippen molar-refractivity contribution >= 4 is 17.0 Å². The van der Waals surface area contributed by atoms with E-state index in [9.17, 15) is 4.39 Å². The number of hydrogen-bond donors (Lipinski definition) is 1. The van der Waals surface area contributed by atoms with Gasteiger partial charge in [-0.15, -0.1) is 0 Å². The summed E-state index contributed by atoms with van der Waals surface area (Å²) in [7, 11) is 1.69. The van der Waals surface area contributed by atoms with E-state index in [1.807, 2.05) is 42.5 Å². The largest absolute Gasteiger partial charge is 0.497 e. The molecule has 1 N–H and O–H groups in total. The molecule has 1 aliphatic heterocycles. The van der Waals surface area contributed by atoms with Crippen LogP contribution in [-0.2, 0) is 13.0 Å². The number of rotatable bonds is 8. The second kappa shape index (κ2) is 9.01. The molecule has 0 spiro atoms. The monoisotopic (exact) mass is 430 g/mol. The zero-order valence-corrected chi connectivity index (χ0v) is 18.2. The zero-order valence-electron chi connectivity index (χ0n) is 18.2. The average Bonchev–Trinajstić information content (AvgIpc) is 3.14. The third kappa shape index (κ3) is 4.46. The van der Waals surface area contributed by atoms with Crippen LogP contribution in [0.25, 0.3) is 11.0 Å². The Hall–Kier alpha value is -3.38. The summed E-state index contributed by atoms with van der Waals surface area (Å²) in [4.78, 5) is 7.28. The number of likely N-dealkylation sites (tertiary alicyclic amines) is 1. The number of fused-ring (bicyclic) bond motifs is 1. The molecular formula is C26H27FN4O. The fourth-order valence-electron chi connectivity index (χ4n) is 4.22. The van der Waals surface area contributed by atoms with Crippen LogP contribution in [0, 0.1) is 5.82 Å². The predicted molar refractivity (Wildman–Crippen MR) is 126 cm³/mol. The first-order valence-corrected chi connectivity index (χ1v) is 11.0. The fraction of sp³-hybridized carbons (Fsp3) is 0.269. The number of hydrogen-bond acceptors (Lipinski definition) is 4. The van der Waals surface area contributed by atoms with Crippen LogP contribution >= 0.6 is 0 Å². The Kier molecular flexibility index (Phi) is 5.77. The Morgan fingerprint density at radius 1 is 0.969 bits per heavy atom. The number of aromatic nitrogens is 2. The second-order valence-electron chi connectivity index (χ2n) is 8.34. The Morgan fingerprint density at radius 3 is 2.44 bits per heavy atom. The molecule has 1 saturated heterocycles. The number of imidazole rings is 1. The molecule has 0 aliphatic carbocycles. The van der Waals surface area contributed by atoms with E-state index in [4.69, 9.17) is 9.72 Å². The van der Waals surface area contributed by atoms with Gasteiger partial charge in [-0.2, -0.15) is 0 Å². The number of methoxy groups -OCH3 is 1. The first-order valence-electron chi connectivity index (χ1n) is 11.0. The molecule has 6 heteroatoms. The number of halogens is 1. The van der Waals surface area contributed by atoms with Gasteiger partial charge >= 0.3 is 0 Å². The van der Waals surface area contributed by atoms with E-state index in [-0.39, 0.29) is 5.82 Å². The summed E-state index contributed by atoms with van der Waals surface area (Å²) >= 11 is 0. The molecule has 1 aromatic heterocycles. The summed E-state index contributed by atoms with van der Waals surface area (Å²) < 4.78 is 20.7. The zero-order chi connectivity index (χ0) is 21.9. The normalized spacial score (nSPS) is 14.4. The average molecular weight is 431 g/mol. The van der Waals surface area contributed by atoms with Crippen LogP contribution in [0.15, 0.2) is 72.8 Å². The number of nitrogens with zero attached hydrogens (tertiary/aromatic N) is 3. The Labute approximate surface area is 187 Å². The molecule has 0 atom stereocenters. The van der Waals surface area contributed by atoms with Gasteiger partial charge in [-0.25, -0.2) is 9.37 Å². The molecule has 5 rings (SSSR count). The lowest BCUT2D eigenvalue weighted by atomic mass is 10.1. The molecule has 0 amide bonds. The predicted octanol–water partition coefficient (Wildman–Crippen LogP) is 4.57. The molecule has 0 saturated carbocycles. The quantitative estimate of drug-likeness (QED) is 0.445. The van der Waals surface area contributed by atoms with Crippen LogP contribution in [0.4, 0.5) is 10.3 Å². The van der Waals surface area contributed by atoms with Gasteiger partial charge in [0.25, 0.3) is 0 Å². The fourth-order valence-corrected chi connectivity index (χ4v) is 4.22. The van der Waals surface area contributed by atoms with Gasteiger partial charge in [-0.3, -0.25) is 4.90 Å². The molecule has 32 heavy (non-hydrogen) atoms. The molecule has 0 bridgehead atoms. The smallest absolute Gasteiger partial charge is 0.204 e. The van der Waals surface area contributed by atoms with Crippen molar-refractivity contribution in [2.45, 2.75) is 19.0 Å².